The smallest absolute Gasteiger partial charge is 0.387 e. The summed E-state index contributed by atoms with van der Waals surface area (Å²) >= 11 is 8.97. The van der Waals surface area contributed by atoms with E-state index in [1.165, 1.54) is 12.1 Å². The number of alkyl halides is 2. The Kier molecular flexibility index (Phi) is 4.76. The van der Waals surface area contributed by atoms with Crippen LogP contribution in [0, 0.1) is 0 Å². The molecule has 1 N–H and O–H groups in total. The van der Waals surface area contributed by atoms with Crippen molar-refractivity contribution >= 4 is 43.1 Å². The van der Waals surface area contributed by atoms with Gasteiger partial charge in [-0.3, -0.25) is 0 Å². The van der Waals surface area contributed by atoms with Crippen molar-refractivity contribution in [1.82, 2.24) is 0 Å². The molecular formula is C11H11BrClF2NO3S. The van der Waals surface area contributed by atoms with Crippen molar-refractivity contribution in [2.75, 3.05) is 16.8 Å². The summed E-state index contributed by atoms with van der Waals surface area (Å²) in [5.74, 6) is -0.0448. The van der Waals surface area contributed by atoms with Gasteiger partial charge in [0.05, 0.1) is 21.7 Å². The van der Waals surface area contributed by atoms with Crippen molar-refractivity contribution in [3.05, 3.63) is 21.6 Å². The van der Waals surface area contributed by atoms with Crippen LogP contribution in [-0.4, -0.2) is 32.6 Å². The molecule has 4 nitrogen and oxygen atoms in total. The predicted molar refractivity (Wildman–Crippen MR) is 76.5 cm³/mol. The van der Waals surface area contributed by atoms with Crippen LogP contribution in [0.2, 0.25) is 5.02 Å². The maximum Gasteiger partial charge on any atom is 0.387 e. The molecule has 1 aromatic rings. The molecular weight excluding hydrogens is 380 g/mol. The minimum absolute atomic E-state index is 0.0365. The van der Waals surface area contributed by atoms with Crippen LogP contribution >= 0.6 is 27.5 Å². The van der Waals surface area contributed by atoms with Gasteiger partial charge in [-0.2, -0.15) is 8.78 Å². The van der Waals surface area contributed by atoms with Gasteiger partial charge in [-0.1, -0.05) is 11.6 Å². The molecule has 1 fully saturated rings. The highest BCUT2D eigenvalue weighted by Gasteiger charge is 2.29. The lowest BCUT2D eigenvalue weighted by Crippen LogP contribution is -2.21. The Morgan fingerprint density at radius 3 is 2.70 bits per heavy atom. The average Bonchev–Trinajstić information content (AvgIpc) is 2.62. The van der Waals surface area contributed by atoms with Crippen LogP contribution in [-0.2, 0) is 9.84 Å². The molecule has 0 spiro atoms. The highest BCUT2D eigenvalue weighted by atomic mass is 79.9. The number of hydrogen-bond donors (Lipinski definition) is 1. The highest BCUT2D eigenvalue weighted by Crippen LogP contribution is 2.38. The van der Waals surface area contributed by atoms with Gasteiger partial charge in [-0.25, -0.2) is 8.42 Å². The van der Waals surface area contributed by atoms with Crippen LogP contribution in [0.1, 0.15) is 6.42 Å². The fourth-order valence-electron chi connectivity index (χ4n) is 2.01. The number of rotatable bonds is 4. The Morgan fingerprint density at radius 2 is 2.15 bits per heavy atom. The number of anilines is 1. The molecule has 0 amide bonds. The largest absolute Gasteiger partial charge is 0.431 e. The van der Waals surface area contributed by atoms with E-state index in [-0.39, 0.29) is 33.5 Å². The molecule has 0 radical (unpaired) electrons. The number of nitrogens with one attached hydrogen (secondary N) is 1. The van der Waals surface area contributed by atoms with Crippen molar-refractivity contribution in [2.24, 2.45) is 0 Å². The fraction of sp³-hybridized carbons (Fsp3) is 0.455. The van der Waals surface area contributed by atoms with Crippen LogP contribution < -0.4 is 10.1 Å². The molecule has 0 aliphatic carbocycles. The Morgan fingerprint density at radius 1 is 1.45 bits per heavy atom. The molecule has 0 aromatic heterocycles. The van der Waals surface area contributed by atoms with E-state index in [0.29, 0.717) is 11.4 Å². The summed E-state index contributed by atoms with van der Waals surface area (Å²) in [6.07, 6.45) is 0.417. The third-order valence-electron chi connectivity index (χ3n) is 2.81. The van der Waals surface area contributed by atoms with Crippen LogP contribution in [0.15, 0.2) is 16.6 Å². The zero-order chi connectivity index (χ0) is 14.9. The first-order valence-electron chi connectivity index (χ1n) is 5.67. The van der Waals surface area contributed by atoms with E-state index >= 15 is 0 Å². The molecule has 112 valence electrons. The minimum atomic E-state index is -3.07. The third kappa shape index (κ3) is 3.95. The second kappa shape index (κ2) is 6.03. The first kappa shape index (κ1) is 15.8. The Hall–Kier alpha value is -0.600. The number of benzene rings is 1. The SMILES string of the molecule is O=S1(=O)CCC(Nc2cc(Cl)cc(Br)c2OC(F)F)C1. The molecule has 20 heavy (non-hydrogen) atoms. The topological polar surface area (TPSA) is 55.4 Å². The Balaban J connectivity index is 2.26. The zero-order valence-corrected chi connectivity index (χ0v) is 13.2. The van der Waals surface area contributed by atoms with Crippen LogP contribution in [0.3, 0.4) is 0 Å². The summed E-state index contributed by atoms with van der Waals surface area (Å²) < 4.78 is 52.4. The predicted octanol–water partition coefficient (Wildman–Crippen LogP) is 3.30. The van der Waals surface area contributed by atoms with Crippen LogP contribution in [0.4, 0.5) is 14.5 Å². The summed E-state index contributed by atoms with van der Waals surface area (Å²) in [6, 6.07) is 2.51. The van der Waals surface area contributed by atoms with Crippen molar-refractivity contribution < 1.29 is 21.9 Å². The molecule has 2 rings (SSSR count). The van der Waals surface area contributed by atoms with E-state index in [1.807, 2.05) is 0 Å². The fourth-order valence-corrected chi connectivity index (χ4v) is 4.58. The van der Waals surface area contributed by atoms with E-state index in [0.717, 1.165) is 0 Å². The zero-order valence-electron chi connectivity index (χ0n) is 10.1. The van der Waals surface area contributed by atoms with E-state index in [9.17, 15) is 17.2 Å². The lowest BCUT2D eigenvalue weighted by Gasteiger charge is -2.18. The molecule has 1 aromatic carbocycles. The summed E-state index contributed by atoms with van der Waals surface area (Å²) in [5, 5.41) is 3.22. The first-order valence-corrected chi connectivity index (χ1v) is 8.67. The second-order valence-electron chi connectivity index (χ2n) is 4.39. The van der Waals surface area contributed by atoms with Gasteiger partial charge in [0, 0.05) is 11.1 Å². The molecule has 1 atom stereocenters. The Labute approximate surface area is 128 Å². The average molecular weight is 391 g/mol. The summed E-state index contributed by atoms with van der Waals surface area (Å²) in [4.78, 5) is 0. The normalized spacial score (nSPS) is 21.1. The van der Waals surface area contributed by atoms with Crippen molar-refractivity contribution in [3.63, 3.8) is 0 Å². The molecule has 1 saturated heterocycles. The lowest BCUT2D eigenvalue weighted by atomic mass is 10.2. The molecule has 9 heteroatoms. The lowest BCUT2D eigenvalue weighted by molar-refractivity contribution is -0.0498. The van der Waals surface area contributed by atoms with Gasteiger partial charge in [-0.15, -0.1) is 0 Å². The molecule has 0 bridgehead atoms. The highest BCUT2D eigenvalue weighted by molar-refractivity contribution is 9.10. The van der Waals surface area contributed by atoms with Gasteiger partial charge >= 0.3 is 6.61 Å². The van der Waals surface area contributed by atoms with Crippen LogP contribution in [0.25, 0.3) is 0 Å². The number of sulfone groups is 1. The van der Waals surface area contributed by atoms with Crippen molar-refractivity contribution in [3.8, 4) is 5.75 Å². The minimum Gasteiger partial charge on any atom is -0.431 e. The standard InChI is InChI=1S/C11H11BrClF2NO3S/c12-8-3-6(13)4-9(10(8)19-11(14)15)16-7-1-2-20(17,18)5-7/h3-4,7,11,16H,1-2,5H2. The summed E-state index contributed by atoms with van der Waals surface area (Å²) in [6.45, 7) is -2.99. The first-order chi connectivity index (χ1) is 9.27. The number of ether oxygens (including phenoxy) is 1. The third-order valence-corrected chi connectivity index (χ3v) is 5.38. The maximum absolute atomic E-state index is 12.4. The maximum atomic E-state index is 12.4. The summed E-state index contributed by atoms with van der Waals surface area (Å²) in [5.41, 5.74) is 0.242. The van der Waals surface area contributed by atoms with Gasteiger partial charge in [0.25, 0.3) is 0 Å². The Bertz CT molecular complexity index is 612. The van der Waals surface area contributed by atoms with E-state index in [4.69, 9.17) is 11.6 Å². The van der Waals surface area contributed by atoms with Crippen LogP contribution in [0.5, 0.6) is 5.75 Å². The summed E-state index contributed by atoms with van der Waals surface area (Å²) in [7, 11) is -3.07. The molecule has 1 unspecified atom stereocenters. The van der Waals surface area contributed by atoms with Gasteiger partial charge in [-0.05, 0) is 34.5 Å². The quantitative estimate of drug-likeness (QED) is 0.857. The monoisotopic (exact) mass is 389 g/mol. The van der Waals surface area contributed by atoms with E-state index in [1.54, 1.807) is 0 Å². The van der Waals surface area contributed by atoms with Gasteiger partial charge in [0.15, 0.2) is 15.6 Å². The van der Waals surface area contributed by atoms with E-state index in [2.05, 4.69) is 26.0 Å². The van der Waals surface area contributed by atoms with Crippen molar-refractivity contribution in [2.45, 2.75) is 19.1 Å². The number of hydrogen-bond acceptors (Lipinski definition) is 4. The molecule has 1 aliphatic heterocycles. The van der Waals surface area contributed by atoms with Gasteiger partial charge < -0.3 is 10.1 Å². The molecule has 1 aliphatic rings. The molecule has 0 saturated carbocycles. The van der Waals surface area contributed by atoms with E-state index < -0.39 is 16.4 Å². The van der Waals surface area contributed by atoms with Gasteiger partial charge in [0.2, 0.25) is 0 Å². The van der Waals surface area contributed by atoms with Crippen molar-refractivity contribution in [1.29, 1.82) is 0 Å². The second-order valence-corrected chi connectivity index (χ2v) is 7.91. The van der Waals surface area contributed by atoms with Gasteiger partial charge in [0.1, 0.15) is 0 Å². The molecule has 1 heterocycles. The number of halogens is 4.